The Balaban J connectivity index is 3.36. The maximum absolute atomic E-state index is 8.74. The van der Waals surface area contributed by atoms with Gasteiger partial charge < -0.3 is 5.53 Å². The third-order valence-corrected chi connectivity index (χ3v) is 1.79. The van der Waals surface area contributed by atoms with E-state index in [4.69, 9.17) is 5.53 Å². The summed E-state index contributed by atoms with van der Waals surface area (Å²) in [7, 11) is 0. The van der Waals surface area contributed by atoms with Crippen LogP contribution in [0.25, 0.3) is 5.53 Å². The summed E-state index contributed by atoms with van der Waals surface area (Å²) in [6.07, 6.45) is 0. The maximum Gasteiger partial charge on any atom is 0.198 e. The Bertz CT molecular complexity index is 267. The lowest BCUT2D eigenvalue weighted by molar-refractivity contribution is -0.381. The molecule has 0 spiro atoms. The summed E-state index contributed by atoms with van der Waals surface area (Å²) in [5.74, 6) is 0. The van der Waals surface area contributed by atoms with E-state index in [0.717, 1.165) is 16.8 Å². The van der Waals surface area contributed by atoms with Crippen molar-refractivity contribution in [2.45, 2.75) is 20.8 Å². The van der Waals surface area contributed by atoms with Crippen LogP contribution in [0.1, 0.15) is 16.7 Å². The van der Waals surface area contributed by atoms with Crippen molar-refractivity contribution in [2.24, 2.45) is 0 Å². The van der Waals surface area contributed by atoms with Gasteiger partial charge in [0.25, 0.3) is 0 Å². The number of rotatable bonds is 1. The van der Waals surface area contributed by atoms with Crippen molar-refractivity contribution in [1.29, 1.82) is 0 Å². The molecule has 2 heteroatoms. The molecule has 0 amide bonds. The molecule has 0 unspecified atom stereocenters. The number of hydrogen-bond donors (Lipinski definition) is 1. The summed E-state index contributed by atoms with van der Waals surface area (Å²) in [6.45, 7) is 5.98. The summed E-state index contributed by atoms with van der Waals surface area (Å²) in [6, 6.07) is 4.07. The second-order valence-electron chi connectivity index (χ2n) is 2.89. The Morgan fingerprint density at radius 3 is 1.91 bits per heavy atom. The Morgan fingerprint density at radius 2 is 1.55 bits per heavy atom. The van der Waals surface area contributed by atoms with E-state index in [1.807, 2.05) is 32.9 Å². The average molecular weight is 148 g/mol. The molecule has 0 fully saturated rings. The van der Waals surface area contributed by atoms with Crippen molar-refractivity contribution < 1.29 is 5.11 Å². The molecule has 0 saturated carbocycles. The first-order chi connectivity index (χ1) is 5.15. The third-order valence-electron chi connectivity index (χ3n) is 1.79. The zero-order chi connectivity index (χ0) is 8.43. The largest absolute Gasteiger partial charge is 0.502 e. The fourth-order valence-corrected chi connectivity index (χ4v) is 1.36. The molecule has 0 aliphatic rings. The van der Waals surface area contributed by atoms with Gasteiger partial charge in [0.1, 0.15) is 0 Å². The summed E-state index contributed by atoms with van der Waals surface area (Å²) in [4.78, 5) is 0. The molecule has 0 radical (unpaired) electrons. The fraction of sp³-hybridized carbons (Fsp3) is 0.333. The van der Waals surface area contributed by atoms with Gasteiger partial charge in [-0.3, -0.25) is 5.11 Å². The van der Waals surface area contributed by atoms with E-state index >= 15 is 0 Å². The number of hydrogen-bond acceptors (Lipinski definition) is 0. The molecule has 11 heavy (non-hydrogen) atoms. The van der Waals surface area contributed by atoms with Crippen LogP contribution in [0.2, 0.25) is 0 Å². The Morgan fingerprint density at radius 1 is 1.09 bits per heavy atom. The van der Waals surface area contributed by atoms with Crippen molar-refractivity contribution >= 4 is 5.69 Å². The molecule has 1 aromatic rings. The molecular formula is C9H12N2. The SMILES string of the molecule is Cc1cc(C)c([NH+]=[N-])c(C)c1. The quantitative estimate of drug-likeness (QED) is 0.584. The van der Waals surface area contributed by atoms with Crippen molar-refractivity contribution in [3.05, 3.63) is 34.4 Å². The Labute approximate surface area is 66.8 Å². The zero-order valence-corrected chi connectivity index (χ0v) is 7.10. The summed E-state index contributed by atoms with van der Waals surface area (Å²) in [5, 5.41) is 2.19. The number of nitrogens with one attached hydrogen (secondary N) is 1. The van der Waals surface area contributed by atoms with Crippen LogP contribution in [0.4, 0.5) is 5.69 Å². The maximum atomic E-state index is 8.74. The lowest BCUT2D eigenvalue weighted by Crippen LogP contribution is -2.55. The van der Waals surface area contributed by atoms with Crippen LogP contribution < -0.4 is 5.11 Å². The van der Waals surface area contributed by atoms with Gasteiger partial charge in [-0.05, 0) is 32.9 Å². The van der Waals surface area contributed by atoms with Crippen LogP contribution in [0.5, 0.6) is 0 Å². The van der Waals surface area contributed by atoms with Crippen LogP contribution in [0.15, 0.2) is 12.1 Å². The van der Waals surface area contributed by atoms with Gasteiger partial charge in [0.2, 0.25) is 0 Å². The topological polar surface area (TPSA) is 36.3 Å². The van der Waals surface area contributed by atoms with E-state index in [9.17, 15) is 0 Å². The second-order valence-corrected chi connectivity index (χ2v) is 2.89. The zero-order valence-electron chi connectivity index (χ0n) is 7.10. The summed E-state index contributed by atoms with van der Waals surface area (Å²) >= 11 is 0. The second kappa shape index (κ2) is 2.82. The van der Waals surface area contributed by atoms with E-state index in [2.05, 4.69) is 5.11 Å². The molecule has 0 aliphatic heterocycles. The van der Waals surface area contributed by atoms with Gasteiger partial charge in [-0.2, -0.15) is 0 Å². The number of aryl methyl sites for hydroxylation is 3. The van der Waals surface area contributed by atoms with E-state index in [1.165, 1.54) is 5.56 Å². The highest BCUT2D eigenvalue weighted by molar-refractivity contribution is 5.47. The van der Waals surface area contributed by atoms with Crippen LogP contribution >= 0.6 is 0 Å². The van der Waals surface area contributed by atoms with Crippen molar-refractivity contribution in [2.75, 3.05) is 0 Å². The van der Waals surface area contributed by atoms with Crippen LogP contribution in [0.3, 0.4) is 0 Å². The third kappa shape index (κ3) is 1.45. The van der Waals surface area contributed by atoms with E-state index in [0.29, 0.717) is 0 Å². The predicted molar refractivity (Wildman–Crippen MR) is 44.6 cm³/mol. The molecule has 58 valence electrons. The molecule has 0 heterocycles. The Kier molecular flexibility index (Phi) is 2.03. The van der Waals surface area contributed by atoms with E-state index in [-0.39, 0.29) is 0 Å². The smallest absolute Gasteiger partial charge is 0.198 e. The first-order valence-corrected chi connectivity index (χ1v) is 3.63. The van der Waals surface area contributed by atoms with E-state index in [1.54, 1.807) is 0 Å². The minimum atomic E-state index is 0.815. The van der Waals surface area contributed by atoms with Gasteiger partial charge in [0, 0.05) is 11.1 Å². The molecule has 0 aromatic heterocycles. The minimum absolute atomic E-state index is 0.815. The summed E-state index contributed by atoms with van der Waals surface area (Å²) < 4.78 is 0. The lowest BCUT2D eigenvalue weighted by Gasteiger charge is -2.01. The molecule has 1 N–H and O–H groups in total. The molecule has 0 aliphatic carbocycles. The van der Waals surface area contributed by atoms with E-state index < -0.39 is 0 Å². The van der Waals surface area contributed by atoms with Crippen molar-refractivity contribution in [1.82, 2.24) is 0 Å². The first kappa shape index (κ1) is 7.92. The highest BCUT2D eigenvalue weighted by Crippen LogP contribution is 2.16. The predicted octanol–water partition coefficient (Wildman–Crippen LogP) is 1.35. The average Bonchev–Trinajstić information content (AvgIpc) is 1.85. The monoisotopic (exact) mass is 148 g/mol. The van der Waals surface area contributed by atoms with Crippen molar-refractivity contribution in [3.8, 4) is 0 Å². The molecule has 1 rings (SSSR count). The molecule has 0 bridgehead atoms. The highest BCUT2D eigenvalue weighted by atomic mass is 15.0. The lowest BCUT2D eigenvalue weighted by atomic mass is 10.1. The standard InChI is InChI=1S/C9H12N2/c1-6-4-7(2)9(11-10)8(3)5-6/h4-5,11H,1-3H3. The van der Waals surface area contributed by atoms with Gasteiger partial charge >= 0.3 is 0 Å². The van der Waals surface area contributed by atoms with Crippen LogP contribution in [0, 0.1) is 20.8 Å². The van der Waals surface area contributed by atoms with Crippen LogP contribution in [-0.4, -0.2) is 0 Å². The molecule has 1 aromatic carbocycles. The van der Waals surface area contributed by atoms with Gasteiger partial charge in [0.15, 0.2) is 5.69 Å². The van der Waals surface area contributed by atoms with Crippen LogP contribution in [-0.2, 0) is 0 Å². The fourth-order valence-electron chi connectivity index (χ4n) is 1.36. The number of nitrogens with zero attached hydrogens (tertiary/aromatic N) is 1. The molecule has 0 atom stereocenters. The summed E-state index contributed by atoms with van der Waals surface area (Å²) in [5.41, 5.74) is 12.9. The minimum Gasteiger partial charge on any atom is -0.502 e. The normalized spacial score (nSPS) is 9.73. The molecule has 2 nitrogen and oxygen atoms in total. The molecule has 0 saturated heterocycles. The highest BCUT2D eigenvalue weighted by Gasteiger charge is 2.03. The van der Waals surface area contributed by atoms with Gasteiger partial charge in [0.05, 0.1) is 0 Å². The van der Waals surface area contributed by atoms with Gasteiger partial charge in [-0.1, -0.05) is 5.56 Å². The van der Waals surface area contributed by atoms with Gasteiger partial charge in [-0.15, -0.1) is 0 Å². The first-order valence-electron chi connectivity index (χ1n) is 3.63. The van der Waals surface area contributed by atoms with Crippen molar-refractivity contribution in [3.63, 3.8) is 0 Å². The van der Waals surface area contributed by atoms with Gasteiger partial charge in [-0.25, -0.2) is 0 Å². The Hall–Kier alpha value is -1.18. The number of benzene rings is 1. The molecular weight excluding hydrogens is 136 g/mol.